The van der Waals surface area contributed by atoms with Gasteiger partial charge in [0.2, 0.25) is 21.7 Å². The number of nitrogens with two attached hydrogens (primary N) is 1. The molecule has 1 aliphatic rings. The van der Waals surface area contributed by atoms with Crippen molar-refractivity contribution in [1.29, 1.82) is 0 Å². The first kappa shape index (κ1) is 31.1. The smallest absolute Gasteiger partial charge is 0.387 e. The van der Waals surface area contributed by atoms with Crippen molar-refractivity contribution in [3.05, 3.63) is 89.1 Å². The second-order valence-corrected chi connectivity index (χ2v) is 13.0. The van der Waals surface area contributed by atoms with Gasteiger partial charge in [0.1, 0.15) is 11.6 Å². The van der Waals surface area contributed by atoms with E-state index in [1.165, 1.54) is 45.6 Å². The molecule has 240 valence electrons. The van der Waals surface area contributed by atoms with E-state index in [1.54, 1.807) is 31.2 Å². The number of H-pyrrole nitrogens is 1. The zero-order chi connectivity index (χ0) is 32.7. The maximum absolute atomic E-state index is 14.0. The Hall–Kier alpha value is -4.89. The number of hydrogen-bond donors (Lipinski definition) is 2. The number of sulfonamides is 1. The van der Waals surface area contributed by atoms with Gasteiger partial charge in [-0.2, -0.15) is 13.9 Å². The topological polar surface area (TPSA) is 145 Å². The average Bonchev–Trinajstić information content (AvgIpc) is 3.60. The molecule has 6 rings (SSSR count). The standard InChI is InChI=1S/C31H29F3N6O5S/c1-17-11-28(44-26-6-4-3-5-22(26)32)36-16-25(17)40-30(35)21(15-37-40)29(41)24-12-19-13-27(45-31(33)34)20(14-23(19)38-24)18-7-9-39(10-8-18)46(2,42)43/h3-6,11-16,18,31,38H,7-10,35H2,1-2H3. The molecule has 15 heteroatoms. The number of nitrogens with zero attached hydrogens (tertiary/aromatic N) is 4. The molecular weight excluding hydrogens is 625 g/mol. The number of hydrogen-bond acceptors (Lipinski definition) is 8. The lowest BCUT2D eigenvalue weighted by molar-refractivity contribution is -0.0506. The number of alkyl halides is 2. The lowest BCUT2D eigenvalue weighted by atomic mass is 9.89. The number of ketones is 1. The van der Waals surface area contributed by atoms with Crippen molar-refractivity contribution in [3.8, 4) is 23.1 Å². The molecule has 3 aromatic heterocycles. The molecule has 0 unspecified atom stereocenters. The zero-order valence-corrected chi connectivity index (χ0v) is 25.5. The van der Waals surface area contributed by atoms with Crippen LogP contribution in [0.3, 0.4) is 0 Å². The van der Waals surface area contributed by atoms with Crippen LogP contribution in [0.1, 0.15) is 45.9 Å². The quantitative estimate of drug-likeness (QED) is 0.197. The van der Waals surface area contributed by atoms with Crippen LogP contribution in [-0.2, 0) is 10.0 Å². The summed E-state index contributed by atoms with van der Waals surface area (Å²) in [4.78, 5) is 20.9. The summed E-state index contributed by atoms with van der Waals surface area (Å²) in [5.74, 6) is -1.07. The Labute approximate surface area is 261 Å². The maximum Gasteiger partial charge on any atom is 0.387 e. The van der Waals surface area contributed by atoms with E-state index in [2.05, 4.69) is 15.1 Å². The van der Waals surface area contributed by atoms with Crippen LogP contribution in [0.4, 0.5) is 19.0 Å². The lowest BCUT2D eigenvalue weighted by Crippen LogP contribution is -2.37. The van der Waals surface area contributed by atoms with Crippen LogP contribution >= 0.6 is 0 Å². The molecule has 1 fully saturated rings. The van der Waals surface area contributed by atoms with Gasteiger partial charge in [-0.15, -0.1) is 0 Å². The summed E-state index contributed by atoms with van der Waals surface area (Å²) in [6, 6.07) is 12.1. The first-order valence-electron chi connectivity index (χ1n) is 14.2. The van der Waals surface area contributed by atoms with Crippen LogP contribution in [0.2, 0.25) is 0 Å². The Morgan fingerprint density at radius 2 is 1.83 bits per heavy atom. The number of ether oxygens (including phenoxy) is 2. The summed E-state index contributed by atoms with van der Waals surface area (Å²) in [5.41, 5.74) is 8.73. The van der Waals surface area contributed by atoms with E-state index in [0.717, 1.165) is 6.26 Å². The van der Waals surface area contributed by atoms with Crippen LogP contribution < -0.4 is 15.2 Å². The number of anilines is 1. The predicted molar refractivity (Wildman–Crippen MR) is 164 cm³/mol. The Kier molecular flexibility index (Phi) is 8.20. The van der Waals surface area contributed by atoms with E-state index >= 15 is 0 Å². The molecule has 0 spiro atoms. The molecule has 4 heterocycles. The molecule has 3 N–H and O–H groups in total. The number of aryl methyl sites for hydroxylation is 1. The number of pyridine rings is 1. The molecule has 0 bridgehead atoms. The fourth-order valence-corrected chi connectivity index (χ4v) is 6.50. The number of carbonyl (C=O) groups excluding carboxylic acids is 1. The highest BCUT2D eigenvalue weighted by atomic mass is 32.2. The van der Waals surface area contributed by atoms with E-state index in [1.807, 2.05) is 0 Å². The predicted octanol–water partition coefficient (Wildman–Crippen LogP) is 5.54. The molecule has 46 heavy (non-hydrogen) atoms. The van der Waals surface area contributed by atoms with E-state index in [9.17, 15) is 26.4 Å². The number of para-hydroxylation sites is 1. The van der Waals surface area contributed by atoms with Crippen molar-refractivity contribution < 1.29 is 35.9 Å². The van der Waals surface area contributed by atoms with E-state index < -0.39 is 28.2 Å². The Balaban J connectivity index is 1.27. The van der Waals surface area contributed by atoms with Gasteiger partial charge in [-0.3, -0.25) is 4.79 Å². The zero-order valence-electron chi connectivity index (χ0n) is 24.7. The SMILES string of the molecule is Cc1cc(Oc2ccccc2F)ncc1-n1ncc(C(=O)c2cc3cc(OC(F)F)c(C4CCN(S(C)(=O)=O)CC4)cc3[nH]2)c1N. The third kappa shape index (κ3) is 6.15. The third-order valence-corrected chi connectivity index (χ3v) is 9.27. The number of piperidine rings is 1. The van der Waals surface area contributed by atoms with Crippen LogP contribution in [0.25, 0.3) is 16.6 Å². The van der Waals surface area contributed by atoms with Gasteiger partial charge in [-0.05, 0) is 67.1 Å². The Bertz CT molecular complexity index is 2050. The van der Waals surface area contributed by atoms with Crippen LogP contribution in [0.15, 0.2) is 60.9 Å². The van der Waals surface area contributed by atoms with Gasteiger partial charge in [0.05, 0.1) is 35.6 Å². The number of aromatic amines is 1. The number of halogens is 3. The molecule has 11 nitrogen and oxygen atoms in total. The molecule has 0 amide bonds. The van der Waals surface area contributed by atoms with E-state index in [-0.39, 0.29) is 53.5 Å². The molecule has 0 radical (unpaired) electrons. The summed E-state index contributed by atoms with van der Waals surface area (Å²) in [5, 5.41) is 4.75. The van der Waals surface area contributed by atoms with Crippen molar-refractivity contribution in [2.24, 2.45) is 0 Å². The Morgan fingerprint density at radius 3 is 2.50 bits per heavy atom. The molecule has 0 saturated carbocycles. The number of benzene rings is 2. The van der Waals surface area contributed by atoms with Crippen molar-refractivity contribution in [2.45, 2.75) is 32.3 Å². The highest BCUT2D eigenvalue weighted by molar-refractivity contribution is 7.88. The minimum Gasteiger partial charge on any atom is -0.436 e. The molecule has 2 aromatic carbocycles. The van der Waals surface area contributed by atoms with Crippen molar-refractivity contribution in [3.63, 3.8) is 0 Å². The summed E-state index contributed by atoms with van der Waals surface area (Å²) < 4.78 is 77.7. The molecule has 1 saturated heterocycles. The molecular formula is C31H29F3N6O5S. The van der Waals surface area contributed by atoms with Gasteiger partial charge in [0.25, 0.3) is 0 Å². The minimum atomic E-state index is -3.37. The number of carbonyl (C=O) groups is 1. The van der Waals surface area contributed by atoms with Crippen molar-refractivity contribution >= 4 is 32.5 Å². The summed E-state index contributed by atoms with van der Waals surface area (Å²) in [7, 11) is -3.37. The fraction of sp³-hybridized carbons (Fsp3) is 0.258. The summed E-state index contributed by atoms with van der Waals surface area (Å²) >= 11 is 0. The summed E-state index contributed by atoms with van der Waals surface area (Å²) in [6.07, 6.45) is 4.74. The van der Waals surface area contributed by atoms with Crippen LogP contribution in [-0.4, -0.2) is 64.2 Å². The molecule has 0 aliphatic carbocycles. The summed E-state index contributed by atoms with van der Waals surface area (Å²) in [6.45, 7) is -0.809. The first-order chi connectivity index (χ1) is 21.9. The normalized spacial score (nSPS) is 14.7. The molecule has 0 atom stereocenters. The van der Waals surface area contributed by atoms with E-state index in [4.69, 9.17) is 15.2 Å². The van der Waals surface area contributed by atoms with Gasteiger partial charge in [0, 0.05) is 30.1 Å². The van der Waals surface area contributed by atoms with E-state index in [0.29, 0.717) is 40.6 Å². The number of nitrogen functional groups attached to an aromatic ring is 1. The highest BCUT2D eigenvalue weighted by Gasteiger charge is 2.29. The second-order valence-electron chi connectivity index (χ2n) is 11.0. The number of nitrogens with one attached hydrogen (secondary N) is 1. The van der Waals surface area contributed by atoms with Gasteiger partial charge < -0.3 is 20.2 Å². The van der Waals surface area contributed by atoms with Gasteiger partial charge in [0.15, 0.2) is 11.6 Å². The van der Waals surface area contributed by atoms with Gasteiger partial charge in [-0.25, -0.2) is 26.8 Å². The second kappa shape index (κ2) is 12.1. The average molecular weight is 655 g/mol. The van der Waals surface area contributed by atoms with Gasteiger partial charge >= 0.3 is 6.61 Å². The monoisotopic (exact) mass is 654 g/mol. The first-order valence-corrected chi connectivity index (χ1v) is 16.1. The number of fused-ring (bicyclic) bond motifs is 1. The van der Waals surface area contributed by atoms with Crippen LogP contribution in [0.5, 0.6) is 17.4 Å². The van der Waals surface area contributed by atoms with Gasteiger partial charge in [-0.1, -0.05) is 12.1 Å². The number of aromatic nitrogens is 4. The third-order valence-electron chi connectivity index (χ3n) is 7.96. The maximum atomic E-state index is 14.0. The Morgan fingerprint density at radius 1 is 1.09 bits per heavy atom. The lowest BCUT2D eigenvalue weighted by Gasteiger charge is -2.31. The number of rotatable bonds is 9. The highest BCUT2D eigenvalue weighted by Crippen LogP contribution is 2.39. The fourth-order valence-electron chi connectivity index (χ4n) is 5.63. The molecule has 1 aliphatic heterocycles. The van der Waals surface area contributed by atoms with Crippen LogP contribution in [0, 0.1) is 12.7 Å². The largest absolute Gasteiger partial charge is 0.436 e. The molecule has 5 aromatic rings. The van der Waals surface area contributed by atoms with Crippen molar-refractivity contribution in [1.82, 2.24) is 24.1 Å². The minimum absolute atomic E-state index is 0.0179. The van der Waals surface area contributed by atoms with Crippen molar-refractivity contribution in [2.75, 3.05) is 25.1 Å².